The van der Waals surface area contributed by atoms with Crippen LogP contribution in [0.25, 0.3) is 33.9 Å². The molecule has 4 rings (SSSR count). The maximum Gasteiger partial charge on any atom is 0.300 e. The zero-order valence-electron chi connectivity index (χ0n) is 16.5. The molecule has 0 saturated carbocycles. The lowest BCUT2D eigenvalue weighted by atomic mass is 10.1. The van der Waals surface area contributed by atoms with Crippen LogP contribution in [-0.2, 0) is 4.79 Å². The van der Waals surface area contributed by atoms with Gasteiger partial charge in [0.25, 0.3) is 5.97 Å². The number of aliphatic carboxylic acids is 1. The summed E-state index contributed by atoms with van der Waals surface area (Å²) >= 11 is 0. The second kappa shape index (κ2) is 9.42. The lowest BCUT2D eigenvalue weighted by Gasteiger charge is -2.05. The van der Waals surface area contributed by atoms with E-state index in [1.54, 1.807) is 60.7 Å². The quantitative estimate of drug-likeness (QED) is 0.224. The molecule has 4 aromatic rings. The number of aromatic nitrogens is 2. The number of H-pyrrole nitrogens is 1. The molecule has 0 bridgehead atoms. The molecule has 164 valence electrons. The van der Waals surface area contributed by atoms with Gasteiger partial charge in [0.05, 0.1) is 17.0 Å². The van der Waals surface area contributed by atoms with E-state index in [0.717, 1.165) is 6.92 Å². The van der Waals surface area contributed by atoms with Gasteiger partial charge in [-0.1, -0.05) is 60.7 Å². The molecule has 0 atom stereocenters. The number of hydrogen-bond acceptors (Lipinski definition) is 2. The van der Waals surface area contributed by atoms with Crippen LogP contribution in [0, 0.1) is 29.1 Å². The molecular weight excluding hydrogens is 431 g/mol. The van der Waals surface area contributed by atoms with Crippen LogP contribution in [0.15, 0.2) is 60.7 Å². The number of carboxylic acids is 1. The summed E-state index contributed by atoms with van der Waals surface area (Å²) in [5.41, 5.74) is 0.879. The monoisotopic (exact) mass is 446 g/mol. The first-order chi connectivity index (χ1) is 15.2. The van der Waals surface area contributed by atoms with E-state index >= 15 is 0 Å². The highest BCUT2D eigenvalue weighted by Crippen LogP contribution is 2.36. The summed E-state index contributed by atoms with van der Waals surface area (Å²) in [5.74, 6) is -11.4. The molecule has 2 N–H and O–H groups in total. The Morgan fingerprint density at radius 1 is 0.750 bits per heavy atom. The Kier molecular flexibility index (Phi) is 6.67. The van der Waals surface area contributed by atoms with E-state index in [1.165, 1.54) is 0 Å². The minimum Gasteiger partial charge on any atom is -0.481 e. The molecule has 0 aliphatic rings. The average molecular weight is 446 g/mol. The van der Waals surface area contributed by atoms with Gasteiger partial charge >= 0.3 is 0 Å². The van der Waals surface area contributed by atoms with Gasteiger partial charge in [-0.15, -0.1) is 0 Å². The molecule has 0 radical (unpaired) electrons. The van der Waals surface area contributed by atoms with Crippen LogP contribution in [0.3, 0.4) is 0 Å². The van der Waals surface area contributed by atoms with Crippen molar-refractivity contribution in [2.75, 3.05) is 0 Å². The Morgan fingerprint density at radius 2 is 1.16 bits per heavy atom. The van der Waals surface area contributed by atoms with E-state index in [1.807, 2.05) is 0 Å². The highest BCUT2D eigenvalue weighted by Gasteiger charge is 2.29. The van der Waals surface area contributed by atoms with Crippen LogP contribution in [-0.4, -0.2) is 21.0 Å². The van der Waals surface area contributed by atoms with Crippen LogP contribution in [0.5, 0.6) is 0 Å². The Labute approximate surface area is 179 Å². The molecule has 0 aliphatic heterocycles. The highest BCUT2D eigenvalue weighted by molar-refractivity contribution is 5.81. The van der Waals surface area contributed by atoms with Crippen LogP contribution in [0.1, 0.15) is 6.92 Å². The van der Waals surface area contributed by atoms with Gasteiger partial charge in [-0.3, -0.25) is 4.79 Å². The van der Waals surface area contributed by atoms with Gasteiger partial charge in [0, 0.05) is 18.1 Å². The Hall–Kier alpha value is -4.01. The normalized spacial score (nSPS) is 10.4. The molecule has 1 aromatic heterocycles. The van der Waals surface area contributed by atoms with Crippen molar-refractivity contribution in [3.05, 3.63) is 89.7 Å². The zero-order valence-corrected chi connectivity index (χ0v) is 16.5. The number of imidazole rings is 1. The van der Waals surface area contributed by atoms with Gasteiger partial charge in [-0.2, -0.15) is 0 Å². The maximum absolute atomic E-state index is 14.3. The van der Waals surface area contributed by atoms with Crippen LogP contribution < -0.4 is 0 Å². The molecule has 0 spiro atoms. The van der Waals surface area contributed by atoms with Crippen molar-refractivity contribution in [3.63, 3.8) is 0 Å². The molecule has 3 aromatic carbocycles. The standard InChI is InChI=1S/C21H11F5N2.C2H4O2/c22-14-13(15(23)17(25)18(26)16(14)24)21-27-19(11-7-3-1-4-8-11)20(28-21)12-9-5-2-6-10-12;1-2(3)4/h1-10H,(H,27,28);1H3,(H,3,4). The van der Waals surface area contributed by atoms with Crippen molar-refractivity contribution in [1.29, 1.82) is 0 Å². The Bertz CT molecular complexity index is 1170. The highest BCUT2D eigenvalue weighted by atomic mass is 19.2. The minimum absolute atomic E-state index is 0.325. The molecule has 9 heteroatoms. The Morgan fingerprint density at radius 3 is 1.62 bits per heavy atom. The predicted octanol–water partition coefficient (Wildman–Crippen LogP) is 6.20. The van der Waals surface area contributed by atoms with E-state index in [-0.39, 0.29) is 0 Å². The fraction of sp³-hybridized carbons (Fsp3) is 0.0435. The number of halogens is 5. The average Bonchev–Trinajstić information content (AvgIpc) is 3.22. The number of rotatable bonds is 3. The van der Waals surface area contributed by atoms with Crippen molar-refractivity contribution in [1.82, 2.24) is 9.97 Å². The number of benzene rings is 3. The largest absolute Gasteiger partial charge is 0.481 e. The topological polar surface area (TPSA) is 66.0 Å². The summed E-state index contributed by atoms with van der Waals surface area (Å²) in [6.07, 6.45) is 0. The summed E-state index contributed by atoms with van der Waals surface area (Å²) in [4.78, 5) is 15.9. The molecule has 0 aliphatic carbocycles. The van der Waals surface area contributed by atoms with Gasteiger partial charge in [-0.05, 0) is 0 Å². The van der Waals surface area contributed by atoms with Gasteiger partial charge in [-0.25, -0.2) is 26.9 Å². The van der Waals surface area contributed by atoms with Gasteiger partial charge < -0.3 is 10.1 Å². The summed E-state index contributed by atoms with van der Waals surface area (Å²) < 4.78 is 69.2. The fourth-order valence-corrected chi connectivity index (χ4v) is 2.92. The molecular formula is C23H15F5N2O2. The molecule has 0 saturated heterocycles. The summed E-state index contributed by atoms with van der Waals surface area (Å²) in [7, 11) is 0. The molecule has 32 heavy (non-hydrogen) atoms. The fourth-order valence-electron chi connectivity index (χ4n) is 2.92. The molecule has 4 nitrogen and oxygen atoms in total. The van der Waals surface area contributed by atoms with Crippen molar-refractivity contribution < 1.29 is 31.9 Å². The van der Waals surface area contributed by atoms with Gasteiger partial charge in [0.1, 0.15) is 5.82 Å². The van der Waals surface area contributed by atoms with Crippen LogP contribution >= 0.6 is 0 Å². The van der Waals surface area contributed by atoms with Crippen molar-refractivity contribution in [3.8, 4) is 33.9 Å². The van der Waals surface area contributed by atoms with E-state index in [2.05, 4.69) is 9.97 Å². The number of nitrogens with one attached hydrogen (secondary N) is 1. The van der Waals surface area contributed by atoms with Gasteiger partial charge in [0.15, 0.2) is 23.3 Å². The number of carboxylic acid groups (broad SMARTS) is 1. The third-order valence-electron chi connectivity index (χ3n) is 4.26. The lowest BCUT2D eigenvalue weighted by molar-refractivity contribution is -0.134. The molecule has 0 unspecified atom stereocenters. The van der Waals surface area contributed by atoms with E-state index in [0.29, 0.717) is 22.5 Å². The van der Waals surface area contributed by atoms with Crippen LogP contribution in [0.2, 0.25) is 0 Å². The number of nitrogens with zero attached hydrogens (tertiary/aromatic N) is 1. The van der Waals surface area contributed by atoms with Gasteiger partial charge in [0.2, 0.25) is 5.82 Å². The number of hydrogen-bond donors (Lipinski definition) is 2. The summed E-state index contributed by atoms with van der Waals surface area (Å²) in [6.45, 7) is 1.08. The van der Waals surface area contributed by atoms with E-state index in [4.69, 9.17) is 9.90 Å². The van der Waals surface area contributed by atoms with E-state index in [9.17, 15) is 22.0 Å². The van der Waals surface area contributed by atoms with Crippen molar-refractivity contribution >= 4 is 5.97 Å². The first-order valence-corrected chi connectivity index (χ1v) is 9.14. The second-order valence-corrected chi connectivity index (χ2v) is 6.50. The third-order valence-corrected chi connectivity index (χ3v) is 4.26. The van der Waals surface area contributed by atoms with Crippen molar-refractivity contribution in [2.24, 2.45) is 0 Å². The van der Waals surface area contributed by atoms with E-state index < -0.39 is 46.4 Å². The zero-order chi connectivity index (χ0) is 23.4. The van der Waals surface area contributed by atoms with Crippen LogP contribution in [0.4, 0.5) is 22.0 Å². The summed E-state index contributed by atoms with van der Waals surface area (Å²) in [6, 6.07) is 17.5. The second-order valence-electron chi connectivity index (χ2n) is 6.50. The summed E-state index contributed by atoms with van der Waals surface area (Å²) in [5, 5.41) is 7.42. The Balaban J connectivity index is 0.000000668. The minimum atomic E-state index is -2.21. The molecule has 0 fully saturated rings. The molecule has 1 heterocycles. The third kappa shape index (κ3) is 4.51. The number of carbonyl (C=O) groups is 1. The first kappa shape index (κ1) is 22.7. The lowest BCUT2D eigenvalue weighted by Crippen LogP contribution is -2.04. The van der Waals surface area contributed by atoms with Crippen molar-refractivity contribution in [2.45, 2.75) is 6.92 Å². The number of aromatic amines is 1. The SMILES string of the molecule is CC(=O)O.Fc1c(F)c(F)c(-c2nc(-c3ccccc3)c(-c3ccccc3)[nH]2)c(F)c1F. The first-order valence-electron chi connectivity index (χ1n) is 9.14. The maximum atomic E-state index is 14.3. The molecule has 0 amide bonds. The smallest absolute Gasteiger partial charge is 0.300 e. The predicted molar refractivity (Wildman–Crippen MR) is 108 cm³/mol.